The van der Waals surface area contributed by atoms with E-state index >= 15 is 0 Å². The monoisotopic (exact) mass is 143 g/mol. The van der Waals surface area contributed by atoms with Crippen LogP contribution in [0.25, 0.3) is 0 Å². The second-order valence-electron chi connectivity index (χ2n) is 0. The first kappa shape index (κ1) is 36.9. The summed E-state index contributed by atoms with van der Waals surface area (Å²) in [6.45, 7) is 0. The third-order valence-electron chi connectivity index (χ3n) is 0. The van der Waals surface area contributed by atoms with Gasteiger partial charge in [0.25, 0.3) is 0 Å². The van der Waals surface area contributed by atoms with Crippen molar-refractivity contribution in [3.8, 4) is 0 Å². The minimum atomic E-state index is 0. The first-order chi connectivity index (χ1) is 0. The predicted octanol–water partition coefficient (Wildman–Crippen LogP) is -2.53. The zero-order valence-electron chi connectivity index (χ0n) is 4.06. The van der Waals surface area contributed by atoms with Crippen molar-refractivity contribution in [2.45, 2.75) is 0 Å². The van der Waals surface area contributed by atoms with Crippen LogP contribution in [0.15, 0.2) is 0 Å². The molecule has 4 heavy (non-hydrogen) atoms. The molecule has 0 amide bonds. The smallest absolute Gasteiger partial charge is 1.00 e. The SMILES string of the molecule is [AlH3].[Fe].[H-].[H-].[Mg+2].[SiH3]. The number of hydrogen-bond donors (Lipinski definition) is 0. The third-order valence-corrected chi connectivity index (χ3v) is 0. The van der Waals surface area contributed by atoms with Crippen molar-refractivity contribution in [1.82, 2.24) is 0 Å². The van der Waals surface area contributed by atoms with E-state index in [1.54, 1.807) is 0 Å². The standard InChI is InChI=1S/Al.Fe.Mg.H3Si.5H/h;;;1H3;;;;;/q;;+2;;;;;2*-1. The quantitative estimate of drug-likeness (QED) is 0.328. The summed E-state index contributed by atoms with van der Waals surface area (Å²) in [4.78, 5) is 0. The van der Waals surface area contributed by atoms with Crippen LogP contribution in [-0.4, -0.2) is 51.4 Å². The first-order valence-electron chi connectivity index (χ1n) is 0. The van der Waals surface area contributed by atoms with Gasteiger partial charge in [0, 0.05) is 17.1 Å². The topological polar surface area (TPSA) is 0 Å². The van der Waals surface area contributed by atoms with Crippen LogP contribution in [0.3, 0.4) is 0 Å². The maximum atomic E-state index is 0. The predicted molar refractivity (Wildman–Crippen MR) is 27.9 cm³/mol. The Kier molecular flexibility index (Phi) is 183. The molecule has 4 heteroatoms. The van der Waals surface area contributed by atoms with E-state index in [9.17, 15) is 0 Å². The van der Waals surface area contributed by atoms with Crippen molar-refractivity contribution in [1.29, 1.82) is 0 Å². The fourth-order valence-electron chi connectivity index (χ4n) is 0. The van der Waals surface area contributed by atoms with Gasteiger partial charge in [0.2, 0.25) is 0 Å². The Hall–Kier alpha value is 2.04. The Morgan fingerprint density at radius 2 is 1.25 bits per heavy atom. The third kappa shape index (κ3) is 8.97. The van der Waals surface area contributed by atoms with E-state index in [2.05, 4.69) is 0 Å². The number of rotatable bonds is 0. The maximum absolute atomic E-state index is 0. The summed E-state index contributed by atoms with van der Waals surface area (Å²) in [5.74, 6) is 0. The Labute approximate surface area is 70.9 Å². The molecule has 0 unspecified atom stereocenters. The first-order valence-corrected chi connectivity index (χ1v) is 0. The van der Waals surface area contributed by atoms with E-state index in [-0.39, 0.29) is 71.3 Å². The average molecular weight is 143 g/mol. The molecule has 0 aromatic heterocycles. The minimum absolute atomic E-state index is 0. The Bertz CT molecular complexity index is 13.5. The van der Waals surface area contributed by atoms with Gasteiger partial charge in [-0.15, -0.1) is 0 Å². The van der Waals surface area contributed by atoms with Crippen LogP contribution in [0.5, 0.6) is 0 Å². The molecule has 0 saturated carbocycles. The summed E-state index contributed by atoms with van der Waals surface area (Å²) in [5, 5.41) is 0. The van der Waals surface area contributed by atoms with Crippen molar-refractivity contribution >= 4 is 51.4 Å². The molecule has 0 aliphatic rings. The molecular formula is H8AlFeMgSi. The summed E-state index contributed by atoms with van der Waals surface area (Å²) >= 11 is 0. The molecule has 0 fully saturated rings. The largest absolute Gasteiger partial charge is 2.00 e. The molecule has 0 spiro atoms. The van der Waals surface area contributed by atoms with E-state index in [0.29, 0.717) is 0 Å². The van der Waals surface area contributed by atoms with Crippen molar-refractivity contribution in [2.75, 3.05) is 0 Å². The molecule has 0 saturated heterocycles. The summed E-state index contributed by atoms with van der Waals surface area (Å²) in [5.41, 5.74) is 0. The molecule has 0 aliphatic carbocycles. The Morgan fingerprint density at radius 1 is 1.25 bits per heavy atom. The molecule has 0 bridgehead atoms. The second kappa shape index (κ2) is 19.8. The molecule has 1 radical (unpaired) electrons. The van der Waals surface area contributed by atoms with Crippen LogP contribution in [0.1, 0.15) is 2.85 Å². The molecule has 0 aliphatic heterocycles. The van der Waals surface area contributed by atoms with Crippen molar-refractivity contribution in [3.05, 3.63) is 0 Å². The van der Waals surface area contributed by atoms with Crippen LogP contribution in [-0.2, 0) is 17.1 Å². The van der Waals surface area contributed by atoms with Crippen LogP contribution in [0, 0.1) is 0 Å². The molecule has 0 aromatic carbocycles. The van der Waals surface area contributed by atoms with Gasteiger partial charge in [-0.3, -0.25) is 0 Å². The summed E-state index contributed by atoms with van der Waals surface area (Å²) < 4.78 is 0. The van der Waals surface area contributed by atoms with Crippen molar-refractivity contribution < 1.29 is 19.9 Å². The second-order valence-corrected chi connectivity index (χ2v) is 0. The van der Waals surface area contributed by atoms with E-state index in [0.717, 1.165) is 0 Å². The van der Waals surface area contributed by atoms with Gasteiger partial charge in [-0.05, 0) is 11.0 Å². The fraction of sp³-hybridized carbons (Fsp3) is 0. The van der Waals surface area contributed by atoms with Gasteiger partial charge >= 0.3 is 23.1 Å². The molecular weight excluding hydrogens is 135 g/mol. The molecule has 0 N–H and O–H groups in total. The zero-order valence-corrected chi connectivity index (χ0v) is 6.58. The van der Waals surface area contributed by atoms with Crippen molar-refractivity contribution in [2.24, 2.45) is 0 Å². The van der Waals surface area contributed by atoms with Gasteiger partial charge in [0.05, 0.1) is 0 Å². The van der Waals surface area contributed by atoms with Gasteiger partial charge < -0.3 is 2.85 Å². The Morgan fingerprint density at radius 3 is 1.25 bits per heavy atom. The van der Waals surface area contributed by atoms with E-state index < -0.39 is 0 Å². The van der Waals surface area contributed by atoms with Gasteiger partial charge in [0.15, 0.2) is 17.4 Å². The summed E-state index contributed by atoms with van der Waals surface area (Å²) in [6.07, 6.45) is 0. The van der Waals surface area contributed by atoms with Crippen LogP contribution >= 0.6 is 0 Å². The van der Waals surface area contributed by atoms with Crippen molar-refractivity contribution in [3.63, 3.8) is 0 Å². The maximum Gasteiger partial charge on any atom is 2.00 e. The molecule has 0 rings (SSSR count). The zero-order chi connectivity index (χ0) is 0. The molecule has 0 nitrogen and oxygen atoms in total. The van der Waals surface area contributed by atoms with Crippen LogP contribution in [0.2, 0.25) is 0 Å². The van der Waals surface area contributed by atoms with Gasteiger partial charge in [0.1, 0.15) is 0 Å². The minimum Gasteiger partial charge on any atom is -1.00 e. The molecule has 0 heterocycles. The molecule has 0 atom stereocenters. The van der Waals surface area contributed by atoms with Gasteiger partial charge in [-0.2, -0.15) is 0 Å². The fourth-order valence-corrected chi connectivity index (χ4v) is 0. The Balaban J connectivity index is 0. The summed E-state index contributed by atoms with van der Waals surface area (Å²) in [6, 6.07) is 0. The number of hydrogen-bond acceptors (Lipinski definition) is 0. The molecule has 0 aromatic rings. The molecule has 25 valence electrons. The van der Waals surface area contributed by atoms with Crippen LogP contribution < -0.4 is 0 Å². The normalized spacial score (nSPS) is 0. The average Bonchev–Trinajstić information content (AvgIpc) is 0. The van der Waals surface area contributed by atoms with E-state index in [1.807, 2.05) is 0 Å². The van der Waals surface area contributed by atoms with E-state index in [1.165, 1.54) is 0 Å². The van der Waals surface area contributed by atoms with Crippen LogP contribution in [0.4, 0.5) is 0 Å². The van der Waals surface area contributed by atoms with Gasteiger partial charge in [-0.1, -0.05) is 0 Å². The van der Waals surface area contributed by atoms with Gasteiger partial charge in [-0.25, -0.2) is 0 Å². The van der Waals surface area contributed by atoms with E-state index in [4.69, 9.17) is 0 Å². The summed E-state index contributed by atoms with van der Waals surface area (Å²) in [7, 11) is 0.